The fourth-order valence-corrected chi connectivity index (χ4v) is 2.06. The summed E-state index contributed by atoms with van der Waals surface area (Å²) in [7, 11) is 1.48. The lowest BCUT2D eigenvalue weighted by Crippen LogP contribution is -2.08. The number of aliphatic carboxylic acids is 1. The third kappa shape index (κ3) is 6.14. The van der Waals surface area contributed by atoms with Crippen molar-refractivity contribution in [1.29, 1.82) is 0 Å². The standard InChI is InChI=1S/C18H24O5/c1-4-6-8-17(19)23-15-10-9-13(12-16(15)22-3)11-14(7-5-2)18(20)21/h9-12H,4-8H2,1-3H3,(H,20,21). The van der Waals surface area contributed by atoms with Crippen LogP contribution in [0.5, 0.6) is 11.5 Å². The molecule has 0 aliphatic heterocycles. The number of hydrogen-bond donors (Lipinski definition) is 1. The molecule has 1 rings (SSSR count). The molecule has 1 aromatic carbocycles. The van der Waals surface area contributed by atoms with Crippen LogP contribution in [0.4, 0.5) is 0 Å². The molecule has 0 amide bonds. The Hall–Kier alpha value is -2.30. The first-order valence-electron chi connectivity index (χ1n) is 7.84. The molecule has 0 spiro atoms. The quantitative estimate of drug-likeness (QED) is 0.422. The zero-order valence-corrected chi connectivity index (χ0v) is 13.9. The van der Waals surface area contributed by atoms with Gasteiger partial charge in [0.15, 0.2) is 11.5 Å². The summed E-state index contributed by atoms with van der Waals surface area (Å²) in [5, 5.41) is 9.18. The minimum absolute atomic E-state index is 0.300. The molecule has 0 radical (unpaired) electrons. The van der Waals surface area contributed by atoms with Crippen molar-refractivity contribution < 1.29 is 24.2 Å². The maximum Gasteiger partial charge on any atom is 0.331 e. The summed E-state index contributed by atoms with van der Waals surface area (Å²) in [4.78, 5) is 22.9. The molecule has 0 fully saturated rings. The molecule has 23 heavy (non-hydrogen) atoms. The van der Waals surface area contributed by atoms with Crippen LogP contribution in [-0.2, 0) is 9.59 Å². The molecule has 126 valence electrons. The Morgan fingerprint density at radius 3 is 2.43 bits per heavy atom. The van der Waals surface area contributed by atoms with Gasteiger partial charge in [-0.25, -0.2) is 4.79 Å². The summed E-state index contributed by atoms with van der Waals surface area (Å²) < 4.78 is 10.5. The van der Waals surface area contributed by atoms with Gasteiger partial charge in [-0.3, -0.25) is 4.79 Å². The topological polar surface area (TPSA) is 72.8 Å². The van der Waals surface area contributed by atoms with Crippen LogP contribution in [-0.4, -0.2) is 24.2 Å². The Morgan fingerprint density at radius 2 is 1.87 bits per heavy atom. The van der Waals surface area contributed by atoms with Crippen molar-refractivity contribution in [2.24, 2.45) is 0 Å². The van der Waals surface area contributed by atoms with Gasteiger partial charge in [-0.05, 0) is 36.6 Å². The van der Waals surface area contributed by atoms with E-state index < -0.39 is 5.97 Å². The molecule has 5 heteroatoms. The van der Waals surface area contributed by atoms with Crippen LogP contribution in [0.15, 0.2) is 23.8 Å². The zero-order valence-electron chi connectivity index (χ0n) is 13.9. The second-order valence-corrected chi connectivity index (χ2v) is 5.21. The van der Waals surface area contributed by atoms with Crippen molar-refractivity contribution in [2.75, 3.05) is 7.11 Å². The van der Waals surface area contributed by atoms with Gasteiger partial charge in [0.2, 0.25) is 0 Å². The van der Waals surface area contributed by atoms with Crippen LogP contribution in [0.1, 0.15) is 51.5 Å². The van der Waals surface area contributed by atoms with Gasteiger partial charge >= 0.3 is 11.9 Å². The van der Waals surface area contributed by atoms with Gasteiger partial charge in [0.25, 0.3) is 0 Å². The van der Waals surface area contributed by atoms with E-state index in [0.29, 0.717) is 35.5 Å². The molecule has 0 saturated heterocycles. The predicted octanol–water partition coefficient (Wildman–Crippen LogP) is 4.06. The molecule has 0 saturated carbocycles. The second-order valence-electron chi connectivity index (χ2n) is 5.21. The van der Waals surface area contributed by atoms with Crippen molar-refractivity contribution in [3.63, 3.8) is 0 Å². The molecule has 0 atom stereocenters. The highest BCUT2D eigenvalue weighted by molar-refractivity contribution is 5.92. The fourth-order valence-electron chi connectivity index (χ4n) is 2.06. The van der Waals surface area contributed by atoms with E-state index in [1.807, 2.05) is 13.8 Å². The van der Waals surface area contributed by atoms with Gasteiger partial charge in [-0.1, -0.05) is 32.8 Å². The van der Waals surface area contributed by atoms with E-state index in [4.69, 9.17) is 9.47 Å². The van der Waals surface area contributed by atoms with E-state index in [0.717, 1.165) is 19.3 Å². The van der Waals surface area contributed by atoms with E-state index in [9.17, 15) is 14.7 Å². The number of carbonyl (C=O) groups excluding carboxylic acids is 1. The largest absolute Gasteiger partial charge is 0.493 e. The predicted molar refractivity (Wildman–Crippen MR) is 88.7 cm³/mol. The lowest BCUT2D eigenvalue weighted by Gasteiger charge is -2.10. The highest BCUT2D eigenvalue weighted by Crippen LogP contribution is 2.29. The van der Waals surface area contributed by atoms with Crippen LogP contribution in [0.25, 0.3) is 6.08 Å². The number of carboxylic acids is 1. The maximum absolute atomic E-state index is 11.7. The Labute approximate surface area is 136 Å². The smallest absolute Gasteiger partial charge is 0.331 e. The van der Waals surface area contributed by atoms with Crippen molar-refractivity contribution in [3.8, 4) is 11.5 Å². The number of ether oxygens (including phenoxy) is 2. The number of carboxylic acid groups (broad SMARTS) is 1. The molecular formula is C18H24O5. The molecule has 0 aliphatic rings. The molecule has 1 N–H and O–H groups in total. The van der Waals surface area contributed by atoms with Crippen LogP contribution < -0.4 is 9.47 Å². The van der Waals surface area contributed by atoms with Crippen LogP contribution in [0.2, 0.25) is 0 Å². The molecule has 1 aromatic rings. The first-order valence-corrected chi connectivity index (χ1v) is 7.84. The normalized spacial score (nSPS) is 11.2. The zero-order chi connectivity index (χ0) is 17.2. The summed E-state index contributed by atoms with van der Waals surface area (Å²) in [6.45, 7) is 3.93. The number of hydrogen-bond acceptors (Lipinski definition) is 4. The summed E-state index contributed by atoms with van der Waals surface area (Å²) in [5.74, 6) is -0.477. The molecule has 5 nitrogen and oxygen atoms in total. The second kappa shape index (κ2) is 9.66. The number of carbonyl (C=O) groups is 2. The highest BCUT2D eigenvalue weighted by Gasteiger charge is 2.11. The van der Waals surface area contributed by atoms with Gasteiger partial charge in [0, 0.05) is 12.0 Å². The van der Waals surface area contributed by atoms with E-state index in [-0.39, 0.29) is 5.97 Å². The first-order chi connectivity index (χ1) is 11.0. The minimum Gasteiger partial charge on any atom is -0.493 e. The van der Waals surface area contributed by atoms with Crippen LogP contribution in [0, 0.1) is 0 Å². The molecule has 0 aliphatic carbocycles. The number of methoxy groups -OCH3 is 1. The van der Waals surface area contributed by atoms with Gasteiger partial charge in [0.05, 0.1) is 7.11 Å². The molecule has 0 heterocycles. The Kier molecular flexibility index (Phi) is 7.88. The molecule has 0 aromatic heterocycles. The lowest BCUT2D eigenvalue weighted by atomic mass is 10.1. The van der Waals surface area contributed by atoms with Gasteiger partial charge in [-0.2, -0.15) is 0 Å². The van der Waals surface area contributed by atoms with Gasteiger partial charge in [-0.15, -0.1) is 0 Å². The van der Waals surface area contributed by atoms with Gasteiger partial charge < -0.3 is 14.6 Å². The maximum atomic E-state index is 11.7. The minimum atomic E-state index is -0.930. The SMILES string of the molecule is CCCCC(=O)Oc1ccc(C=C(CCC)C(=O)O)cc1OC. The first kappa shape index (κ1) is 18.7. The van der Waals surface area contributed by atoms with Crippen molar-refractivity contribution >= 4 is 18.0 Å². The fraction of sp³-hybridized carbons (Fsp3) is 0.444. The summed E-state index contributed by atoms with van der Waals surface area (Å²) >= 11 is 0. The van der Waals surface area contributed by atoms with Crippen LogP contribution >= 0.6 is 0 Å². The summed E-state index contributed by atoms with van der Waals surface area (Å²) in [6, 6.07) is 5.00. The Morgan fingerprint density at radius 1 is 1.13 bits per heavy atom. The lowest BCUT2D eigenvalue weighted by molar-refractivity contribution is -0.135. The van der Waals surface area contributed by atoms with E-state index >= 15 is 0 Å². The summed E-state index contributed by atoms with van der Waals surface area (Å²) in [5.41, 5.74) is 1.03. The number of unbranched alkanes of at least 4 members (excludes halogenated alkanes) is 1. The van der Waals surface area contributed by atoms with Gasteiger partial charge in [0.1, 0.15) is 0 Å². The third-order valence-corrected chi connectivity index (χ3v) is 3.28. The molecular weight excluding hydrogens is 296 g/mol. The Balaban J connectivity index is 2.97. The van der Waals surface area contributed by atoms with Crippen molar-refractivity contribution in [1.82, 2.24) is 0 Å². The van der Waals surface area contributed by atoms with E-state index in [1.54, 1.807) is 24.3 Å². The monoisotopic (exact) mass is 320 g/mol. The number of rotatable bonds is 9. The number of benzene rings is 1. The van der Waals surface area contributed by atoms with Crippen molar-refractivity contribution in [2.45, 2.75) is 46.0 Å². The molecule has 0 unspecified atom stereocenters. The highest BCUT2D eigenvalue weighted by atomic mass is 16.6. The average molecular weight is 320 g/mol. The van der Waals surface area contributed by atoms with E-state index in [2.05, 4.69) is 0 Å². The average Bonchev–Trinajstić information content (AvgIpc) is 2.53. The van der Waals surface area contributed by atoms with E-state index in [1.165, 1.54) is 7.11 Å². The number of esters is 1. The summed E-state index contributed by atoms with van der Waals surface area (Å²) in [6.07, 6.45) is 4.91. The Bertz CT molecular complexity index is 575. The molecule has 0 bridgehead atoms. The van der Waals surface area contributed by atoms with Crippen LogP contribution in [0.3, 0.4) is 0 Å². The third-order valence-electron chi connectivity index (χ3n) is 3.28. The van der Waals surface area contributed by atoms with Crippen molar-refractivity contribution in [3.05, 3.63) is 29.3 Å².